The average Bonchev–Trinajstić information content (AvgIpc) is 2.69. The predicted octanol–water partition coefficient (Wildman–Crippen LogP) is 0.0865. The zero-order valence-corrected chi connectivity index (χ0v) is 14.9. The molecule has 0 saturated carbocycles. The summed E-state index contributed by atoms with van der Waals surface area (Å²) in [5.74, 6) is 1.07. The maximum atomic E-state index is 12.6. The molecule has 0 spiro atoms. The van der Waals surface area contributed by atoms with Gasteiger partial charge in [-0.05, 0) is 17.9 Å². The first-order valence-electron chi connectivity index (χ1n) is 9.38. The number of aromatic nitrogens is 2. The summed E-state index contributed by atoms with van der Waals surface area (Å²) in [5.41, 5.74) is 2.77. The van der Waals surface area contributed by atoms with E-state index in [1.54, 1.807) is 6.20 Å². The number of hydrogen-bond donors (Lipinski definition) is 2. The fourth-order valence-electron chi connectivity index (χ4n) is 3.98. The molecule has 6 heteroatoms. The van der Waals surface area contributed by atoms with Crippen LogP contribution in [0.2, 0.25) is 0 Å². The molecule has 2 aromatic rings. The van der Waals surface area contributed by atoms with Crippen LogP contribution in [0.3, 0.4) is 0 Å². The van der Waals surface area contributed by atoms with Crippen molar-refractivity contribution in [2.75, 3.05) is 44.2 Å². The Labute approximate surface area is 153 Å². The van der Waals surface area contributed by atoms with Gasteiger partial charge in [-0.2, -0.15) is 0 Å². The summed E-state index contributed by atoms with van der Waals surface area (Å²) in [7, 11) is 0. The number of aliphatic hydroxyl groups is 1. The number of anilines is 1. The van der Waals surface area contributed by atoms with Gasteiger partial charge in [-0.1, -0.05) is 30.3 Å². The maximum absolute atomic E-state index is 12.6. The highest BCUT2D eigenvalue weighted by atomic mass is 16.3. The van der Waals surface area contributed by atoms with Crippen molar-refractivity contribution in [1.82, 2.24) is 9.97 Å². The van der Waals surface area contributed by atoms with E-state index < -0.39 is 0 Å². The van der Waals surface area contributed by atoms with E-state index in [2.05, 4.69) is 22.0 Å². The average molecular weight is 353 g/mol. The SMILES string of the molecule is O=C1C[C@H](c2ccccc2)Cc2nc(N3CC[NH+](CCO)CC3)ncc21. The largest absolute Gasteiger partial charge is 0.391 e. The number of rotatable bonds is 4. The number of carbonyl (C=O) groups is 1. The molecule has 2 heterocycles. The van der Waals surface area contributed by atoms with Gasteiger partial charge in [0.25, 0.3) is 0 Å². The smallest absolute Gasteiger partial charge is 0.225 e. The summed E-state index contributed by atoms with van der Waals surface area (Å²) in [4.78, 5) is 25.4. The van der Waals surface area contributed by atoms with Crippen molar-refractivity contribution in [2.45, 2.75) is 18.8 Å². The molecule has 6 nitrogen and oxygen atoms in total. The maximum Gasteiger partial charge on any atom is 0.225 e. The van der Waals surface area contributed by atoms with Crippen LogP contribution in [0.15, 0.2) is 36.5 Å². The van der Waals surface area contributed by atoms with E-state index in [0.717, 1.165) is 50.8 Å². The summed E-state index contributed by atoms with van der Waals surface area (Å²) in [6.07, 6.45) is 3.04. The summed E-state index contributed by atoms with van der Waals surface area (Å²) in [6.45, 7) is 4.74. The van der Waals surface area contributed by atoms with Gasteiger partial charge in [0.15, 0.2) is 5.78 Å². The third-order valence-electron chi connectivity index (χ3n) is 5.52. The molecular weight excluding hydrogens is 328 g/mol. The van der Waals surface area contributed by atoms with Crippen molar-refractivity contribution >= 4 is 11.7 Å². The second-order valence-corrected chi connectivity index (χ2v) is 7.18. The molecule has 26 heavy (non-hydrogen) atoms. The Morgan fingerprint density at radius 2 is 1.92 bits per heavy atom. The van der Waals surface area contributed by atoms with Crippen LogP contribution in [-0.2, 0) is 6.42 Å². The predicted molar refractivity (Wildman–Crippen MR) is 98.7 cm³/mol. The Bertz CT molecular complexity index is 773. The number of hydrogen-bond acceptors (Lipinski definition) is 5. The molecule has 2 N–H and O–H groups in total. The first-order chi connectivity index (χ1) is 12.7. The molecule has 0 unspecified atom stereocenters. The van der Waals surface area contributed by atoms with Gasteiger partial charge in [-0.25, -0.2) is 9.97 Å². The Kier molecular flexibility index (Phi) is 4.95. The van der Waals surface area contributed by atoms with E-state index in [1.165, 1.54) is 10.5 Å². The van der Waals surface area contributed by atoms with Crippen LogP contribution < -0.4 is 9.80 Å². The molecule has 0 radical (unpaired) electrons. The number of nitrogens with one attached hydrogen (secondary N) is 1. The zero-order valence-electron chi connectivity index (χ0n) is 14.9. The van der Waals surface area contributed by atoms with Gasteiger partial charge in [0.05, 0.1) is 44.0 Å². The zero-order chi connectivity index (χ0) is 17.9. The topological polar surface area (TPSA) is 70.8 Å². The number of aliphatic hydroxyl groups excluding tert-OH is 1. The lowest BCUT2D eigenvalue weighted by molar-refractivity contribution is -0.900. The highest BCUT2D eigenvalue weighted by Gasteiger charge is 2.29. The van der Waals surface area contributed by atoms with E-state index in [-0.39, 0.29) is 18.3 Å². The van der Waals surface area contributed by atoms with Crippen molar-refractivity contribution < 1.29 is 14.8 Å². The minimum atomic E-state index is 0.142. The Morgan fingerprint density at radius 3 is 2.65 bits per heavy atom. The lowest BCUT2D eigenvalue weighted by Gasteiger charge is -2.32. The van der Waals surface area contributed by atoms with E-state index >= 15 is 0 Å². The van der Waals surface area contributed by atoms with E-state index in [1.807, 2.05) is 18.2 Å². The molecule has 1 aliphatic heterocycles. The number of piperazine rings is 1. The van der Waals surface area contributed by atoms with Crippen LogP contribution >= 0.6 is 0 Å². The molecule has 1 aromatic heterocycles. The molecule has 136 valence electrons. The molecule has 1 aromatic carbocycles. The number of fused-ring (bicyclic) bond motifs is 1. The van der Waals surface area contributed by atoms with Crippen molar-refractivity contribution in [2.24, 2.45) is 0 Å². The number of benzene rings is 1. The highest BCUT2D eigenvalue weighted by Crippen LogP contribution is 2.32. The third-order valence-corrected chi connectivity index (χ3v) is 5.52. The van der Waals surface area contributed by atoms with E-state index in [0.29, 0.717) is 12.0 Å². The summed E-state index contributed by atoms with van der Waals surface area (Å²) in [6, 6.07) is 10.2. The van der Waals surface area contributed by atoms with Crippen LogP contribution in [-0.4, -0.2) is 60.2 Å². The first kappa shape index (κ1) is 17.1. The van der Waals surface area contributed by atoms with Crippen molar-refractivity contribution in [1.29, 1.82) is 0 Å². The third kappa shape index (κ3) is 3.48. The van der Waals surface area contributed by atoms with Gasteiger partial charge in [-0.3, -0.25) is 4.79 Å². The minimum Gasteiger partial charge on any atom is -0.391 e. The summed E-state index contributed by atoms with van der Waals surface area (Å²) >= 11 is 0. The van der Waals surface area contributed by atoms with Gasteiger partial charge in [-0.15, -0.1) is 0 Å². The Hall–Kier alpha value is -2.31. The van der Waals surface area contributed by atoms with Gasteiger partial charge in [0.1, 0.15) is 6.54 Å². The normalized spacial score (nSPS) is 20.9. The van der Waals surface area contributed by atoms with Crippen LogP contribution in [0.4, 0.5) is 5.95 Å². The summed E-state index contributed by atoms with van der Waals surface area (Å²) in [5, 5.41) is 9.09. The van der Waals surface area contributed by atoms with Gasteiger partial charge >= 0.3 is 0 Å². The number of nitrogens with zero attached hydrogens (tertiary/aromatic N) is 3. The second-order valence-electron chi connectivity index (χ2n) is 7.18. The lowest BCUT2D eigenvalue weighted by Crippen LogP contribution is -3.15. The molecule has 1 aliphatic carbocycles. The lowest BCUT2D eigenvalue weighted by atomic mass is 9.82. The molecule has 0 bridgehead atoms. The van der Waals surface area contributed by atoms with E-state index in [4.69, 9.17) is 10.1 Å². The van der Waals surface area contributed by atoms with Gasteiger partial charge < -0.3 is 14.9 Å². The quantitative estimate of drug-likeness (QED) is 0.815. The van der Waals surface area contributed by atoms with Crippen LogP contribution in [0.1, 0.15) is 34.0 Å². The molecule has 4 rings (SSSR count). The van der Waals surface area contributed by atoms with Crippen LogP contribution in [0.25, 0.3) is 0 Å². The van der Waals surface area contributed by atoms with Crippen molar-refractivity contribution in [3.05, 3.63) is 53.3 Å². The van der Waals surface area contributed by atoms with Crippen LogP contribution in [0.5, 0.6) is 0 Å². The van der Waals surface area contributed by atoms with Crippen LogP contribution in [0, 0.1) is 0 Å². The van der Waals surface area contributed by atoms with Crippen molar-refractivity contribution in [3.63, 3.8) is 0 Å². The van der Waals surface area contributed by atoms with E-state index in [9.17, 15) is 4.79 Å². The molecule has 2 aliphatic rings. The van der Waals surface area contributed by atoms with Crippen molar-refractivity contribution in [3.8, 4) is 0 Å². The first-order valence-corrected chi connectivity index (χ1v) is 9.38. The summed E-state index contributed by atoms with van der Waals surface area (Å²) < 4.78 is 0. The fraction of sp³-hybridized carbons (Fsp3) is 0.450. The monoisotopic (exact) mass is 353 g/mol. The second kappa shape index (κ2) is 7.51. The van der Waals surface area contributed by atoms with Gasteiger partial charge in [0.2, 0.25) is 5.95 Å². The number of quaternary nitrogens is 1. The highest BCUT2D eigenvalue weighted by molar-refractivity contribution is 5.98. The Morgan fingerprint density at radius 1 is 1.15 bits per heavy atom. The Balaban J connectivity index is 1.52. The molecular formula is C20H25N4O2+. The fourth-order valence-corrected chi connectivity index (χ4v) is 3.98. The molecule has 1 atom stereocenters. The minimum absolute atomic E-state index is 0.142. The molecule has 1 saturated heterocycles. The number of ketones is 1. The number of carbonyl (C=O) groups excluding carboxylic acids is 1. The molecule has 1 fully saturated rings. The molecule has 0 amide bonds. The number of Topliss-reactive ketones (excluding diaryl/α,β-unsaturated/α-hetero) is 1. The van der Waals surface area contributed by atoms with Gasteiger partial charge in [0, 0.05) is 12.6 Å². The standard InChI is InChI=1S/C20H24N4O2/c25-11-10-23-6-8-24(9-7-23)20-21-14-17-18(22-20)12-16(13-19(17)26)15-4-2-1-3-5-15/h1-5,14,16,25H,6-13H2/p+1/t16-/m1/s1.